The van der Waals surface area contributed by atoms with Crippen molar-refractivity contribution in [1.29, 1.82) is 0 Å². The van der Waals surface area contributed by atoms with Crippen molar-refractivity contribution in [3.8, 4) is 33.4 Å². The molecule has 0 aromatic heterocycles. The van der Waals surface area contributed by atoms with Crippen LogP contribution in [0.2, 0.25) is 0 Å². The molecule has 0 saturated carbocycles. The van der Waals surface area contributed by atoms with E-state index in [0.717, 1.165) is 55.9 Å². The van der Waals surface area contributed by atoms with E-state index in [9.17, 15) is 0 Å². The first-order chi connectivity index (χ1) is 24.0. The Hall–Kier alpha value is -5.89. The second-order valence-corrected chi connectivity index (χ2v) is 14.4. The van der Waals surface area contributed by atoms with E-state index in [1.807, 2.05) is 138 Å². The fourth-order valence-electron chi connectivity index (χ4n) is 6.20. The Morgan fingerprint density at radius 2 is 1.00 bits per heavy atom. The van der Waals surface area contributed by atoms with Crippen LogP contribution in [0.1, 0.15) is 12.5 Å². The van der Waals surface area contributed by atoms with Crippen molar-refractivity contribution in [1.82, 2.24) is 0 Å². The van der Waals surface area contributed by atoms with E-state index in [4.69, 9.17) is 0 Å². The highest BCUT2D eigenvalue weighted by Crippen LogP contribution is 2.60. The molecule has 49 heavy (non-hydrogen) atoms. The van der Waals surface area contributed by atoms with Crippen LogP contribution in [0, 0.1) is 0 Å². The first-order valence-corrected chi connectivity index (χ1v) is 18.0. The molecule has 7 rings (SSSR count). The van der Waals surface area contributed by atoms with E-state index in [0.29, 0.717) is 5.30 Å². The summed E-state index contributed by atoms with van der Waals surface area (Å²) in [4.78, 5) is 0. The molecule has 1 heterocycles. The summed E-state index contributed by atoms with van der Waals surface area (Å²) in [6.45, 7) is 6.40. The number of nitrogens with zero attached hydrogens (tertiary/aromatic N) is 2. The quantitative estimate of drug-likeness (QED) is 0.115. The van der Waals surface area contributed by atoms with Gasteiger partial charge >= 0.3 is 7.44 Å². The molecule has 6 aromatic carbocycles. The van der Waals surface area contributed by atoms with Gasteiger partial charge in [0.15, 0.2) is 0 Å². The highest BCUT2D eigenvalue weighted by Gasteiger charge is 2.43. The molecule has 0 spiro atoms. The standard InChI is InChI=1S/C45H37N2OP/c1-3-4-8-17-35(2)41-30-42(38-22-13-7-14-23-38)34-45(33-41)49(48)46(43-26-15-24-39(31-43)36-18-9-5-10-19-36)28-29-47(49)44-27-16-25-40(32-44)37-20-11-6-12-21-37/h3-34H,2H2,1H3/b4-3-,17-8-. The minimum absolute atomic E-state index is 0.713. The molecular weight excluding hydrogens is 615 g/mol. The smallest absolute Gasteiger partial charge is 0.277 e. The Balaban J connectivity index is 1.43. The molecule has 1 aliphatic heterocycles. The molecule has 0 aliphatic carbocycles. The van der Waals surface area contributed by atoms with Gasteiger partial charge in [-0.25, -0.2) is 0 Å². The van der Waals surface area contributed by atoms with E-state index < -0.39 is 7.44 Å². The number of rotatable bonds is 9. The SMILES string of the molecule is C=C(/C=C\C=C/C)c1cc(-c2ccccc2)cc(P2(=O)N(c3cccc(-c4ccccc4)c3)C=CN2c2cccc(-c3ccccc3)c2)c1. The predicted octanol–water partition coefficient (Wildman–Crippen LogP) is 12.1. The molecule has 0 N–H and O–H groups in total. The van der Waals surface area contributed by atoms with Crippen LogP contribution in [0.3, 0.4) is 0 Å². The lowest BCUT2D eigenvalue weighted by molar-refractivity contribution is 0.582. The number of hydrogen-bond donors (Lipinski definition) is 0. The third kappa shape index (κ3) is 6.50. The molecule has 0 fully saturated rings. The first-order valence-electron chi connectivity index (χ1n) is 16.4. The summed E-state index contributed by atoms with van der Waals surface area (Å²) in [6, 6.07) is 53.7. The van der Waals surface area contributed by atoms with Crippen molar-refractivity contribution < 1.29 is 4.57 Å². The molecule has 0 saturated heterocycles. The van der Waals surface area contributed by atoms with E-state index in [-0.39, 0.29) is 0 Å². The molecule has 6 aromatic rings. The topological polar surface area (TPSA) is 23.6 Å². The first kappa shape index (κ1) is 31.7. The Labute approximate surface area is 289 Å². The van der Waals surface area contributed by atoms with Crippen LogP contribution in [-0.4, -0.2) is 0 Å². The third-order valence-electron chi connectivity index (χ3n) is 8.70. The van der Waals surface area contributed by atoms with Crippen molar-refractivity contribution in [3.05, 3.63) is 207 Å². The van der Waals surface area contributed by atoms with Gasteiger partial charge in [-0.2, -0.15) is 0 Å². The zero-order valence-corrected chi connectivity index (χ0v) is 28.3. The van der Waals surface area contributed by atoms with Crippen molar-refractivity contribution in [3.63, 3.8) is 0 Å². The highest BCUT2D eigenvalue weighted by molar-refractivity contribution is 7.75. The maximum Gasteiger partial charge on any atom is 0.300 e. The number of allylic oxidation sites excluding steroid dienone is 5. The third-order valence-corrected chi connectivity index (χ3v) is 11.5. The van der Waals surface area contributed by atoms with Crippen molar-refractivity contribution in [2.24, 2.45) is 0 Å². The van der Waals surface area contributed by atoms with E-state index in [1.165, 1.54) is 0 Å². The number of anilines is 2. The molecule has 3 nitrogen and oxygen atoms in total. The van der Waals surface area contributed by atoms with Crippen LogP contribution < -0.4 is 14.6 Å². The van der Waals surface area contributed by atoms with Gasteiger partial charge in [0.05, 0.1) is 5.30 Å². The summed E-state index contributed by atoms with van der Waals surface area (Å²) >= 11 is 0. The van der Waals surface area contributed by atoms with Gasteiger partial charge < -0.3 is 0 Å². The largest absolute Gasteiger partial charge is 0.300 e. The maximum absolute atomic E-state index is 16.3. The molecule has 0 atom stereocenters. The lowest BCUT2D eigenvalue weighted by Gasteiger charge is -2.34. The van der Waals surface area contributed by atoms with Crippen molar-refractivity contribution in [2.75, 3.05) is 9.34 Å². The Kier molecular flexibility index (Phi) is 9.10. The van der Waals surface area contributed by atoms with Crippen LogP contribution in [0.15, 0.2) is 201 Å². The van der Waals surface area contributed by atoms with E-state index in [2.05, 4.69) is 79.4 Å². The fourth-order valence-corrected chi connectivity index (χ4v) is 8.88. The average molecular weight is 653 g/mol. The van der Waals surface area contributed by atoms with E-state index in [1.54, 1.807) is 0 Å². The zero-order valence-electron chi connectivity index (χ0n) is 27.4. The van der Waals surface area contributed by atoms with Gasteiger partial charge in [0.25, 0.3) is 0 Å². The summed E-state index contributed by atoms with van der Waals surface area (Å²) in [5, 5.41) is 0.713. The lowest BCUT2D eigenvalue weighted by Crippen LogP contribution is -2.27. The lowest BCUT2D eigenvalue weighted by atomic mass is 9.99. The Bertz CT molecular complexity index is 2140. The maximum atomic E-state index is 16.3. The normalized spacial score (nSPS) is 13.8. The van der Waals surface area contributed by atoms with Crippen LogP contribution in [-0.2, 0) is 4.57 Å². The summed E-state index contributed by atoms with van der Waals surface area (Å²) < 4.78 is 20.2. The van der Waals surface area contributed by atoms with Crippen molar-refractivity contribution in [2.45, 2.75) is 6.92 Å². The summed E-state index contributed by atoms with van der Waals surface area (Å²) in [5.74, 6) is 0. The van der Waals surface area contributed by atoms with Gasteiger partial charge in [-0.3, -0.25) is 13.9 Å². The molecule has 4 heteroatoms. The number of benzene rings is 6. The molecule has 0 bridgehead atoms. The highest BCUT2D eigenvalue weighted by atomic mass is 31.2. The second-order valence-electron chi connectivity index (χ2n) is 11.9. The molecule has 0 unspecified atom stereocenters. The second kappa shape index (κ2) is 14.1. The minimum atomic E-state index is -3.58. The molecule has 1 aliphatic rings. The monoisotopic (exact) mass is 652 g/mol. The van der Waals surface area contributed by atoms with Gasteiger partial charge in [-0.1, -0.05) is 146 Å². The molecule has 0 radical (unpaired) electrons. The van der Waals surface area contributed by atoms with Gasteiger partial charge in [0.2, 0.25) is 0 Å². The zero-order chi connectivity index (χ0) is 33.6. The summed E-state index contributed by atoms with van der Waals surface area (Å²) in [6.07, 6.45) is 11.9. The van der Waals surface area contributed by atoms with Crippen LogP contribution in [0.4, 0.5) is 11.4 Å². The minimum Gasteiger partial charge on any atom is -0.277 e. The summed E-state index contributed by atoms with van der Waals surface area (Å²) in [5.41, 5.74) is 9.80. The predicted molar refractivity (Wildman–Crippen MR) is 210 cm³/mol. The van der Waals surface area contributed by atoms with Crippen LogP contribution >= 0.6 is 7.44 Å². The number of hydrogen-bond acceptors (Lipinski definition) is 1. The van der Waals surface area contributed by atoms with Gasteiger partial charge in [0.1, 0.15) is 0 Å². The van der Waals surface area contributed by atoms with Gasteiger partial charge in [-0.05, 0) is 93.9 Å². The summed E-state index contributed by atoms with van der Waals surface area (Å²) in [7, 11) is -3.58. The fraction of sp³-hybridized carbons (Fsp3) is 0.0222. The van der Waals surface area contributed by atoms with Crippen molar-refractivity contribution >= 4 is 29.7 Å². The average Bonchev–Trinajstić information content (AvgIpc) is 3.53. The molecular formula is C45H37N2OP. The van der Waals surface area contributed by atoms with Gasteiger partial charge in [-0.15, -0.1) is 0 Å². The molecule has 0 amide bonds. The Morgan fingerprint density at radius 1 is 0.531 bits per heavy atom. The molecule has 238 valence electrons. The Morgan fingerprint density at radius 3 is 1.49 bits per heavy atom. The van der Waals surface area contributed by atoms with Crippen LogP contribution in [0.25, 0.3) is 39.0 Å². The van der Waals surface area contributed by atoms with Gasteiger partial charge in [0, 0.05) is 23.8 Å². The van der Waals surface area contributed by atoms with E-state index >= 15 is 4.57 Å². The van der Waals surface area contributed by atoms with Crippen LogP contribution in [0.5, 0.6) is 0 Å².